The lowest BCUT2D eigenvalue weighted by atomic mass is 10.1. The van der Waals surface area contributed by atoms with Crippen molar-refractivity contribution in [3.8, 4) is 22.9 Å². The summed E-state index contributed by atoms with van der Waals surface area (Å²) in [6.45, 7) is 6.06. The van der Waals surface area contributed by atoms with Gasteiger partial charge < -0.3 is 19.3 Å². The molecule has 0 aliphatic carbocycles. The maximum Gasteiger partial charge on any atom is 0.256 e. The highest BCUT2D eigenvalue weighted by Gasteiger charge is 2.17. The van der Waals surface area contributed by atoms with Gasteiger partial charge in [-0.2, -0.15) is 0 Å². The summed E-state index contributed by atoms with van der Waals surface area (Å²) in [7, 11) is 4.99. The first-order valence-electron chi connectivity index (χ1n) is 12.6. The molecule has 0 atom stereocenters. The summed E-state index contributed by atoms with van der Waals surface area (Å²) in [4.78, 5) is 38.3. The highest BCUT2D eigenvalue weighted by Crippen LogP contribution is 2.27. The zero-order chi connectivity index (χ0) is 26.8. The molecule has 2 aromatic carbocycles. The number of hydrogen-bond acceptors (Lipinski definition) is 6. The Morgan fingerprint density at radius 1 is 0.811 bits per heavy atom. The summed E-state index contributed by atoms with van der Waals surface area (Å²) in [6.07, 6.45) is 5.59. The Bertz CT molecular complexity index is 1190. The number of rotatable bonds is 12. The molecule has 3 rings (SSSR count). The van der Waals surface area contributed by atoms with E-state index in [-0.39, 0.29) is 11.8 Å². The molecule has 196 valence electrons. The molecule has 3 aromatic rings. The summed E-state index contributed by atoms with van der Waals surface area (Å²) in [5, 5.41) is 0. The molecule has 0 saturated carbocycles. The average Bonchev–Trinajstić information content (AvgIpc) is 2.94. The zero-order valence-corrected chi connectivity index (χ0v) is 22.4. The Balaban J connectivity index is 1.68. The van der Waals surface area contributed by atoms with Crippen molar-refractivity contribution in [1.29, 1.82) is 0 Å². The second-order valence-corrected chi connectivity index (χ2v) is 8.83. The van der Waals surface area contributed by atoms with Crippen LogP contribution in [0.25, 0.3) is 11.4 Å². The third kappa shape index (κ3) is 7.06. The second-order valence-electron chi connectivity index (χ2n) is 8.83. The molecule has 0 aliphatic rings. The molecule has 0 spiro atoms. The highest BCUT2D eigenvalue weighted by molar-refractivity contribution is 5.95. The van der Waals surface area contributed by atoms with Crippen molar-refractivity contribution in [3.05, 3.63) is 71.5 Å². The van der Waals surface area contributed by atoms with E-state index in [9.17, 15) is 9.59 Å². The van der Waals surface area contributed by atoms with Crippen molar-refractivity contribution in [3.63, 3.8) is 0 Å². The molecule has 8 heteroatoms. The Labute approximate surface area is 219 Å². The van der Waals surface area contributed by atoms with Gasteiger partial charge in [0, 0.05) is 50.2 Å². The maximum atomic E-state index is 13.1. The maximum absolute atomic E-state index is 13.1. The van der Waals surface area contributed by atoms with Gasteiger partial charge in [-0.25, -0.2) is 9.97 Å². The van der Waals surface area contributed by atoms with Crippen molar-refractivity contribution in [2.24, 2.45) is 0 Å². The Morgan fingerprint density at radius 2 is 1.49 bits per heavy atom. The van der Waals surface area contributed by atoms with E-state index in [2.05, 4.69) is 23.8 Å². The summed E-state index contributed by atoms with van der Waals surface area (Å²) < 4.78 is 10.7. The minimum atomic E-state index is -0.0936. The lowest BCUT2D eigenvalue weighted by Gasteiger charge is -2.21. The van der Waals surface area contributed by atoms with E-state index in [1.807, 2.05) is 35.2 Å². The fourth-order valence-corrected chi connectivity index (χ4v) is 4.07. The number of methoxy groups -OCH3 is 2. The Morgan fingerprint density at radius 3 is 2.11 bits per heavy atom. The number of amides is 2. The van der Waals surface area contributed by atoms with Crippen LogP contribution < -0.4 is 9.47 Å². The Kier molecular flexibility index (Phi) is 10.0. The van der Waals surface area contributed by atoms with Crippen molar-refractivity contribution in [2.75, 3.05) is 40.9 Å². The molecule has 0 saturated heterocycles. The van der Waals surface area contributed by atoms with Crippen LogP contribution in [-0.4, -0.2) is 72.5 Å². The molecule has 0 N–H and O–H groups in total. The fraction of sp³-hybridized carbons (Fsp3) is 0.379. The number of nitrogens with zero attached hydrogens (tertiary/aromatic N) is 4. The average molecular weight is 505 g/mol. The minimum absolute atomic E-state index is 0.0599. The van der Waals surface area contributed by atoms with Crippen LogP contribution in [0.3, 0.4) is 0 Å². The van der Waals surface area contributed by atoms with Crippen molar-refractivity contribution in [2.45, 2.75) is 33.1 Å². The number of benzene rings is 2. The number of carbonyl (C=O) groups excluding carboxylic acids is 2. The predicted octanol–water partition coefficient (Wildman–Crippen LogP) is 4.74. The lowest BCUT2D eigenvalue weighted by molar-refractivity contribution is 0.0753. The van der Waals surface area contributed by atoms with E-state index in [1.54, 1.807) is 50.7 Å². The topological polar surface area (TPSA) is 84.9 Å². The van der Waals surface area contributed by atoms with Crippen LogP contribution >= 0.6 is 0 Å². The summed E-state index contributed by atoms with van der Waals surface area (Å²) in [5.41, 5.74) is 2.78. The summed E-state index contributed by atoms with van der Waals surface area (Å²) in [6, 6.07) is 13.0. The number of aromatic nitrogens is 2. The first-order valence-corrected chi connectivity index (χ1v) is 12.6. The molecule has 8 nitrogen and oxygen atoms in total. The molecule has 0 fully saturated rings. The van der Waals surface area contributed by atoms with E-state index in [4.69, 9.17) is 9.47 Å². The molecule has 0 bridgehead atoms. The molecular weight excluding hydrogens is 468 g/mol. The van der Waals surface area contributed by atoms with Crippen LogP contribution in [0.1, 0.15) is 53.0 Å². The summed E-state index contributed by atoms with van der Waals surface area (Å²) in [5.74, 6) is 1.65. The van der Waals surface area contributed by atoms with Gasteiger partial charge in [0.2, 0.25) is 0 Å². The van der Waals surface area contributed by atoms with Crippen LogP contribution in [0, 0.1) is 0 Å². The molecule has 2 amide bonds. The molecule has 0 aliphatic heterocycles. The molecular formula is C29H36N4O4. The van der Waals surface area contributed by atoms with E-state index in [0.717, 1.165) is 24.0 Å². The third-order valence-corrected chi connectivity index (χ3v) is 6.07. The minimum Gasteiger partial charge on any atom is -0.493 e. The molecule has 0 radical (unpaired) electrons. The first kappa shape index (κ1) is 27.6. The van der Waals surface area contributed by atoms with Crippen LogP contribution in [-0.2, 0) is 6.42 Å². The van der Waals surface area contributed by atoms with Crippen molar-refractivity contribution < 1.29 is 19.1 Å². The molecule has 1 heterocycles. The smallest absolute Gasteiger partial charge is 0.256 e. The SMILES string of the molecule is CCCN(CCC)C(=O)c1cnc(-c2cccc(C(=O)N(C)CCc3ccc(OC)c(OC)c3)c2)nc1. The normalized spacial score (nSPS) is 10.6. The molecule has 1 aromatic heterocycles. The monoisotopic (exact) mass is 504 g/mol. The first-order chi connectivity index (χ1) is 17.9. The van der Waals surface area contributed by atoms with Crippen LogP contribution in [0.4, 0.5) is 0 Å². The second kappa shape index (κ2) is 13.4. The van der Waals surface area contributed by atoms with Gasteiger partial charge >= 0.3 is 0 Å². The number of hydrogen-bond donors (Lipinski definition) is 0. The van der Waals surface area contributed by atoms with Gasteiger partial charge in [0.1, 0.15) is 0 Å². The van der Waals surface area contributed by atoms with Gasteiger partial charge in [0.15, 0.2) is 17.3 Å². The third-order valence-electron chi connectivity index (χ3n) is 6.07. The number of likely N-dealkylation sites (N-methyl/N-ethyl adjacent to an activating group) is 1. The van der Waals surface area contributed by atoms with Crippen molar-refractivity contribution in [1.82, 2.24) is 19.8 Å². The van der Waals surface area contributed by atoms with E-state index in [0.29, 0.717) is 54.5 Å². The molecule has 37 heavy (non-hydrogen) atoms. The van der Waals surface area contributed by atoms with E-state index < -0.39 is 0 Å². The summed E-state index contributed by atoms with van der Waals surface area (Å²) >= 11 is 0. The number of carbonyl (C=O) groups is 2. The van der Waals surface area contributed by atoms with Gasteiger partial charge in [-0.15, -0.1) is 0 Å². The largest absolute Gasteiger partial charge is 0.493 e. The van der Waals surface area contributed by atoms with E-state index >= 15 is 0 Å². The Hall–Kier alpha value is -3.94. The number of ether oxygens (including phenoxy) is 2. The van der Waals surface area contributed by atoms with Gasteiger partial charge in [-0.3, -0.25) is 9.59 Å². The fourth-order valence-electron chi connectivity index (χ4n) is 4.07. The van der Waals surface area contributed by atoms with Gasteiger partial charge in [-0.1, -0.05) is 32.0 Å². The van der Waals surface area contributed by atoms with E-state index in [1.165, 1.54) is 0 Å². The van der Waals surface area contributed by atoms with Crippen molar-refractivity contribution >= 4 is 11.8 Å². The van der Waals surface area contributed by atoms with Gasteiger partial charge in [-0.05, 0) is 49.1 Å². The highest BCUT2D eigenvalue weighted by atomic mass is 16.5. The van der Waals surface area contributed by atoms with Crippen LogP contribution in [0.2, 0.25) is 0 Å². The van der Waals surface area contributed by atoms with Crippen LogP contribution in [0.15, 0.2) is 54.9 Å². The standard InChI is InChI=1S/C29H36N4O4/c1-6-14-33(15-7-2)29(35)24-19-30-27(31-20-24)22-9-8-10-23(18-22)28(34)32(3)16-13-21-11-12-25(36-4)26(17-21)37-5/h8-12,17-20H,6-7,13-16H2,1-5H3. The van der Waals surface area contributed by atoms with Gasteiger partial charge in [0.05, 0.1) is 19.8 Å². The lowest BCUT2D eigenvalue weighted by Crippen LogP contribution is -2.32. The quantitative estimate of drug-likeness (QED) is 0.354. The molecule has 0 unspecified atom stereocenters. The van der Waals surface area contributed by atoms with Gasteiger partial charge in [0.25, 0.3) is 11.8 Å². The zero-order valence-electron chi connectivity index (χ0n) is 22.4. The predicted molar refractivity (Wildman–Crippen MR) is 144 cm³/mol. The van der Waals surface area contributed by atoms with Crippen LogP contribution in [0.5, 0.6) is 11.5 Å².